The second kappa shape index (κ2) is 2.85. The first-order valence-corrected chi connectivity index (χ1v) is 2.96. The largest absolute Gasteiger partial charge is 0.465 e. The Labute approximate surface area is 57.6 Å². The Morgan fingerprint density at radius 2 is 2.50 bits per heavy atom. The first-order valence-electron chi connectivity index (χ1n) is 2.96. The second-order valence-electron chi connectivity index (χ2n) is 2.13. The highest BCUT2D eigenvalue weighted by atomic mass is 16.6. The zero-order chi connectivity index (χ0) is 7.56. The fourth-order valence-electron chi connectivity index (χ4n) is 0.601. The second-order valence-corrected chi connectivity index (χ2v) is 2.13. The Morgan fingerprint density at radius 1 is 1.90 bits per heavy atom. The van der Waals surface area contributed by atoms with E-state index in [9.17, 15) is 4.79 Å². The number of carbonyl (C=O) groups is 1. The van der Waals surface area contributed by atoms with Crippen molar-refractivity contribution in [2.45, 2.75) is 12.2 Å². The van der Waals surface area contributed by atoms with Crippen LogP contribution >= 0.6 is 0 Å². The number of aliphatic hydroxyl groups excluding tert-OH is 1. The summed E-state index contributed by atoms with van der Waals surface area (Å²) in [5, 5.41) is 19.1. The summed E-state index contributed by atoms with van der Waals surface area (Å²) in [4.78, 5) is 9.88. The van der Waals surface area contributed by atoms with Crippen LogP contribution in [0, 0.1) is 0 Å². The molecule has 0 spiro atoms. The van der Waals surface area contributed by atoms with Crippen molar-refractivity contribution in [2.75, 3.05) is 13.2 Å². The van der Waals surface area contributed by atoms with Crippen molar-refractivity contribution in [3.8, 4) is 0 Å². The van der Waals surface area contributed by atoms with Crippen LogP contribution < -0.4 is 5.32 Å². The molecule has 1 fully saturated rings. The van der Waals surface area contributed by atoms with Gasteiger partial charge in [-0.1, -0.05) is 0 Å². The van der Waals surface area contributed by atoms with E-state index in [-0.39, 0.29) is 12.6 Å². The predicted octanol–water partition coefficient (Wildman–Crippen LogP) is -0.986. The van der Waals surface area contributed by atoms with Crippen molar-refractivity contribution in [1.29, 1.82) is 0 Å². The van der Waals surface area contributed by atoms with E-state index in [1.807, 2.05) is 0 Å². The van der Waals surface area contributed by atoms with Crippen molar-refractivity contribution in [3.05, 3.63) is 0 Å². The number of hydrogen-bond donors (Lipinski definition) is 3. The van der Waals surface area contributed by atoms with Crippen molar-refractivity contribution in [1.82, 2.24) is 5.32 Å². The molecule has 1 heterocycles. The molecule has 5 nitrogen and oxygen atoms in total. The van der Waals surface area contributed by atoms with E-state index in [0.717, 1.165) is 0 Å². The Hall–Kier alpha value is -0.810. The molecule has 1 rings (SSSR count). The van der Waals surface area contributed by atoms with Crippen LogP contribution in [-0.4, -0.2) is 41.7 Å². The molecule has 0 saturated carbocycles. The number of ether oxygens (including phenoxy) is 1. The average Bonchev–Trinajstić information content (AvgIpc) is 2.63. The maximum Gasteiger partial charge on any atom is 0.404 e. The fraction of sp³-hybridized carbons (Fsp3) is 0.800. The summed E-state index contributed by atoms with van der Waals surface area (Å²) in [5.41, 5.74) is 0. The average molecular weight is 147 g/mol. The molecule has 58 valence electrons. The third-order valence-electron chi connectivity index (χ3n) is 1.25. The van der Waals surface area contributed by atoms with Crippen LogP contribution in [0.5, 0.6) is 0 Å². The van der Waals surface area contributed by atoms with E-state index < -0.39 is 12.2 Å². The van der Waals surface area contributed by atoms with E-state index in [1.165, 1.54) is 0 Å². The highest BCUT2D eigenvalue weighted by molar-refractivity contribution is 5.64. The maximum absolute atomic E-state index is 9.88. The third-order valence-corrected chi connectivity index (χ3v) is 1.25. The number of aliphatic hydroxyl groups is 1. The molecular weight excluding hydrogens is 138 g/mol. The molecule has 5 heteroatoms. The normalized spacial score (nSPS) is 25.5. The minimum absolute atomic E-state index is 0.0417. The van der Waals surface area contributed by atoms with Gasteiger partial charge < -0.3 is 20.3 Å². The molecule has 1 unspecified atom stereocenters. The van der Waals surface area contributed by atoms with Gasteiger partial charge in [-0.15, -0.1) is 0 Å². The van der Waals surface area contributed by atoms with Crippen molar-refractivity contribution in [2.24, 2.45) is 0 Å². The minimum atomic E-state index is -1.13. The summed E-state index contributed by atoms with van der Waals surface area (Å²) in [6, 6.07) is 0. The van der Waals surface area contributed by atoms with Crippen molar-refractivity contribution >= 4 is 6.09 Å². The number of carboxylic acid groups (broad SMARTS) is 1. The summed E-state index contributed by atoms with van der Waals surface area (Å²) < 4.78 is 4.72. The molecule has 0 aromatic heterocycles. The van der Waals surface area contributed by atoms with Gasteiger partial charge in [0.2, 0.25) is 0 Å². The molecule has 0 aromatic rings. The highest BCUT2D eigenvalue weighted by Gasteiger charge is 2.31. The predicted molar refractivity (Wildman–Crippen MR) is 31.8 cm³/mol. The Kier molecular flexibility index (Phi) is 2.08. The van der Waals surface area contributed by atoms with Gasteiger partial charge in [-0.05, 0) is 0 Å². The molecule has 1 aliphatic rings. The van der Waals surface area contributed by atoms with Crippen molar-refractivity contribution < 1.29 is 19.7 Å². The van der Waals surface area contributed by atoms with Crippen LogP contribution in [0.25, 0.3) is 0 Å². The molecule has 10 heavy (non-hydrogen) atoms. The van der Waals surface area contributed by atoms with E-state index in [0.29, 0.717) is 6.61 Å². The fourth-order valence-corrected chi connectivity index (χ4v) is 0.601. The lowest BCUT2D eigenvalue weighted by Gasteiger charge is -2.05. The first-order chi connectivity index (χ1) is 4.70. The van der Waals surface area contributed by atoms with Crippen LogP contribution in [0.4, 0.5) is 4.79 Å². The zero-order valence-corrected chi connectivity index (χ0v) is 5.28. The van der Waals surface area contributed by atoms with Gasteiger partial charge in [-0.25, -0.2) is 4.79 Å². The monoisotopic (exact) mass is 147 g/mol. The summed E-state index contributed by atoms with van der Waals surface area (Å²) in [6.07, 6.45) is -1.98. The van der Waals surface area contributed by atoms with Gasteiger partial charge in [0.05, 0.1) is 12.7 Å². The van der Waals surface area contributed by atoms with Crippen LogP contribution in [0.15, 0.2) is 0 Å². The smallest absolute Gasteiger partial charge is 0.404 e. The van der Waals surface area contributed by atoms with Gasteiger partial charge in [-0.2, -0.15) is 0 Å². The Balaban J connectivity index is 2.05. The molecule has 0 radical (unpaired) electrons. The molecular formula is C5H9NO4. The van der Waals surface area contributed by atoms with Crippen LogP contribution in [-0.2, 0) is 4.74 Å². The highest BCUT2D eigenvalue weighted by Crippen LogP contribution is 2.12. The zero-order valence-electron chi connectivity index (χ0n) is 5.28. The van der Waals surface area contributed by atoms with Gasteiger partial charge >= 0.3 is 6.09 Å². The molecule has 3 N–H and O–H groups in total. The minimum Gasteiger partial charge on any atom is -0.465 e. The third kappa shape index (κ3) is 2.20. The van der Waals surface area contributed by atoms with Gasteiger partial charge in [0.15, 0.2) is 0 Å². The molecule has 2 atom stereocenters. The number of amides is 1. The number of nitrogens with one attached hydrogen (secondary N) is 1. The topological polar surface area (TPSA) is 82.1 Å². The number of epoxide rings is 1. The lowest BCUT2D eigenvalue weighted by molar-refractivity contribution is 0.128. The van der Waals surface area contributed by atoms with Gasteiger partial charge in [-0.3, -0.25) is 0 Å². The van der Waals surface area contributed by atoms with Crippen molar-refractivity contribution in [3.63, 3.8) is 0 Å². The standard InChI is InChI=1S/C5H9NO4/c7-3(4-2-10-4)1-6-5(8)9/h3-4,6-7H,1-2H2,(H,8,9)/t3?,4-/m1/s1. The lowest BCUT2D eigenvalue weighted by atomic mass is 10.3. The van der Waals surface area contributed by atoms with Gasteiger partial charge in [0, 0.05) is 6.54 Å². The van der Waals surface area contributed by atoms with Gasteiger partial charge in [0.1, 0.15) is 6.10 Å². The summed E-state index contributed by atoms with van der Waals surface area (Å²) in [5.74, 6) is 0. The molecule has 0 aromatic carbocycles. The number of rotatable bonds is 3. The van der Waals surface area contributed by atoms with Crippen LogP contribution in [0.2, 0.25) is 0 Å². The first kappa shape index (κ1) is 7.30. The Bertz CT molecular complexity index is 134. The molecule has 0 bridgehead atoms. The van der Waals surface area contributed by atoms with E-state index in [2.05, 4.69) is 5.32 Å². The van der Waals surface area contributed by atoms with Crippen LogP contribution in [0.1, 0.15) is 0 Å². The molecule has 0 aliphatic carbocycles. The molecule has 1 saturated heterocycles. The van der Waals surface area contributed by atoms with E-state index in [4.69, 9.17) is 14.9 Å². The van der Waals surface area contributed by atoms with Crippen LogP contribution in [0.3, 0.4) is 0 Å². The summed E-state index contributed by atoms with van der Waals surface area (Å²) >= 11 is 0. The number of hydrogen-bond acceptors (Lipinski definition) is 3. The van der Waals surface area contributed by atoms with E-state index >= 15 is 0 Å². The molecule has 1 aliphatic heterocycles. The van der Waals surface area contributed by atoms with E-state index in [1.54, 1.807) is 0 Å². The quantitative estimate of drug-likeness (QED) is 0.448. The van der Waals surface area contributed by atoms with Gasteiger partial charge in [0.25, 0.3) is 0 Å². The summed E-state index contributed by atoms with van der Waals surface area (Å²) in [6.45, 7) is 0.572. The SMILES string of the molecule is O=C(O)NCC(O)[C@H]1CO1. The molecule has 1 amide bonds. The Morgan fingerprint density at radius 3 is 2.90 bits per heavy atom. The maximum atomic E-state index is 9.88. The summed E-state index contributed by atoms with van der Waals surface area (Å²) in [7, 11) is 0. The lowest BCUT2D eigenvalue weighted by Crippen LogP contribution is -2.33.